The summed E-state index contributed by atoms with van der Waals surface area (Å²) >= 11 is 2.62. The number of para-hydroxylation sites is 1. The van der Waals surface area contributed by atoms with E-state index >= 15 is 0 Å². The summed E-state index contributed by atoms with van der Waals surface area (Å²) in [6, 6.07) is 14.9. The molecule has 170 valence electrons. The molecule has 4 aromatic rings. The first-order valence-electron chi connectivity index (χ1n) is 10.6. The van der Waals surface area contributed by atoms with E-state index in [9.17, 15) is 14.4 Å². The van der Waals surface area contributed by atoms with Gasteiger partial charge in [0.2, 0.25) is 5.91 Å². The van der Waals surface area contributed by atoms with Gasteiger partial charge in [-0.1, -0.05) is 55.9 Å². The van der Waals surface area contributed by atoms with E-state index in [-0.39, 0.29) is 18.1 Å². The maximum absolute atomic E-state index is 13.5. The molecule has 7 nitrogen and oxygen atoms in total. The first-order chi connectivity index (χ1) is 16.0. The molecule has 2 heterocycles. The lowest BCUT2D eigenvalue weighted by atomic mass is 10.1. The van der Waals surface area contributed by atoms with Gasteiger partial charge >= 0.3 is 5.69 Å². The Morgan fingerprint density at radius 1 is 1.06 bits per heavy atom. The molecule has 0 fully saturated rings. The van der Waals surface area contributed by atoms with Gasteiger partial charge in [0.25, 0.3) is 5.56 Å². The summed E-state index contributed by atoms with van der Waals surface area (Å²) < 4.78 is 3.41. The molecule has 0 spiro atoms. The van der Waals surface area contributed by atoms with Gasteiger partial charge in [0.15, 0.2) is 9.99 Å². The summed E-state index contributed by atoms with van der Waals surface area (Å²) in [5.41, 5.74) is 2.50. The Bertz CT molecular complexity index is 1440. The number of hydrogen-bond acceptors (Lipinski definition) is 6. The van der Waals surface area contributed by atoms with Crippen LogP contribution in [0.1, 0.15) is 25.0 Å². The number of nitrogens with one attached hydrogen (secondary N) is 1. The number of thioether (sulfide) groups is 1. The van der Waals surface area contributed by atoms with Gasteiger partial charge < -0.3 is 5.32 Å². The summed E-state index contributed by atoms with van der Waals surface area (Å²) in [7, 11) is 0. The number of anilines is 1. The van der Waals surface area contributed by atoms with Crippen molar-refractivity contribution in [1.29, 1.82) is 0 Å². The van der Waals surface area contributed by atoms with Crippen LogP contribution in [0.2, 0.25) is 0 Å². The second-order valence-corrected chi connectivity index (χ2v) is 9.48. The van der Waals surface area contributed by atoms with Crippen LogP contribution in [0.25, 0.3) is 16.0 Å². The molecule has 2 aromatic carbocycles. The molecule has 4 rings (SSSR count). The van der Waals surface area contributed by atoms with Crippen LogP contribution >= 0.6 is 23.1 Å². The van der Waals surface area contributed by atoms with Gasteiger partial charge in [0.1, 0.15) is 11.2 Å². The number of amides is 1. The van der Waals surface area contributed by atoms with Crippen LogP contribution in [0.15, 0.2) is 62.5 Å². The van der Waals surface area contributed by atoms with Crippen molar-refractivity contribution in [2.24, 2.45) is 0 Å². The van der Waals surface area contributed by atoms with Gasteiger partial charge in [0.05, 0.1) is 5.69 Å². The van der Waals surface area contributed by atoms with Gasteiger partial charge in [-0.25, -0.2) is 14.3 Å². The third-order valence-corrected chi connectivity index (χ3v) is 7.43. The van der Waals surface area contributed by atoms with Crippen molar-refractivity contribution in [1.82, 2.24) is 14.1 Å². The number of carbonyl (C=O) groups is 1. The molecule has 0 aliphatic rings. The van der Waals surface area contributed by atoms with Crippen molar-refractivity contribution in [3.63, 3.8) is 0 Å². The zero-order valence-electron chi connectivity index (χ0n) is 18.6. The van der Waals surface area contributed by atoms with Crippen LogP contribution in [0, 0.1) is 0 Å². The molecule has 0 aliphatic heterocycles. The molecular formula is C24H24N4O3S2. The number of rotatable bonds is 7. The molecule has 9 heteroatoms. The average Bonchev–Trinajstić information content (AvgIpc) is 3.27. The standard InChI is InChI=1S/C24H24N4O3S2/c1-4-15-10-12-17(13-11-15)28-22(30)20-21(26-23(32-3)33-20)27(24(28)31)14-19(29)25-18-9-7-6-8-16(18)5-2/h6-13H,4-5,14H2,1-3H3,(H,25,29). The van der Waals surface area contributed by atoms with Gasteiger partial charge in [0, 0.05) is 5.69 Å². The monoisotopic (exact) mass is 480 g/mol. The first-order valence-corrected chi connectivity index (χ1v) is 12.7. The summed E-state index contributed by atoms with van der Waals surface area (Å²) in [6.45, 7) is 3.80. The van der Waals surface area contributed by atoms with E-state index in [0.717, 1.165) is 28.5 Å². The number of fused-ring (bicyclic) bond motifs is 1. The van der Waals surface area contributed by atoms with Crippen LogP contribution in [0.5, 0.6) is 0 Å². The predicted octanol–water partition coefficient (Wildman–Crippen LogP) is 4.09. The molecule has 0 unspecified atom stereocenters. The van der Waals surface area contributed by atoms with Crippen LogP contribution in [-0.4, -0.2) is 26.3 Å². The van der Waals surface area contributed by atoms with Crippen molar-refractivity contribution in [2.75, 3.05) is 11.6 Å². The normalized spacial score (nSPS) is 11.1. The summed E-state index contributed by atoms with van der Waals surface area (Å²) in [5.74, 6) is -0.357. The Morgan fingerprint density at radius 2 is 1.79 bits per heavy atom. The molecule has 1 N–H and O–H groups in total. The zero-order chi connectivity index (χ0) is 23.5. The Hall–Kier alpha value is -3.17. The fraction of sp³-hybridized carbons (Fsp3) is 0.250. The van der Waals surface area contributed by atoms with Gasteiger partial charge in [-0.3, -0.25) is 14.2 Å². The maximum Gasteiger partial charge on any atom is 0.337 e. The number of thiazole rings is 1. The highest BCUT2D eigenvalue weighted by molar-refractivity contribution is 8.00. The minimum atomic E-state index is -0.589. The average molecular weight is 481 g/mol. The molecule has 0 saturated carbocycles. The van der Waals surface area contributed by atoms with Crippen LogP contribution in [0.3, 0.4) is 0 Å². The largest absolute Gasteiger partial charge is 0.337 e. The highest BCUT2D eigenvalue weighted by Gasteiger charge is 2.20. The number of hydrogen-bond donors (Lipinski definition) is 1. The van der Waals surface area contributed by atoms with Crippen molar-refractivity contribution >= 4 is 45.0 Å². The number of aromatic nitrogens is 3. The molecule has 0 bridgehead atoms. The number of aryl methyl sites for hydroxylation is 2. The molecule has 2 aromatic heterocycles. The third-order valence-electron chi connectivity index (χ3n) is 5.42. The third kappa shape index (κ3) is 4.51. The fourth-order valence-corrected chi connectivity index (χ4v) is 5.13. The molecular weight excluding hydrogens is 456 g/mol. The predicted molar refractivity (Wildman–Crippen MR) is 135 cm³/mol. The van der Waals surface area contributed by atoms with Crippen molar-refractivity contribution in [2.45, 2.75) is 37.6 Å². The Kier molecular flexibility index (Phi) is 6.80. The number of carbonyl (C=O) groups excluding carboxylic acids is 1. The second-order valence-electron chi connectivity index (χ2n) is 7.42. The Morgan fingerprint density at radius 3 is 2.45 bits per heavy atom. The molecule has 0 saturated heterocycles. The van der Waals surface area contributed by atoms with Crippen LogP contribution in [0.4, 0.5) is 5.69 Å². The summed E-state index contributed by atoms with van der Waals surface area (Å²) in [5, 5.41) is 2.90. The topological polar surface area (TPSA) is 86.0 Å². The smallest absolute Gasteiger partial charge is 0.324 e. The van der Waals surface area contributed by atoms with E-state index in [0.29, 0.717) is 20.4 Å². The molecule has 0 radical (unpaired) electrons. The SMILES string of the molecule is CCc1ccc(-n2c(=O)c3sc(SC)nc3n(CC(=O)Nc3ccccc3CC)c2=O)cc1. The van der Waals surface area contributed by atoms with E-state index in [1.807, 2.05) is 56.5 Å². The highest BCUT2D eigenvalue weighted by atomic mass is 32.2. The highest BCUT2D eigenvalue weighted by Crippen LogP contribution is 2.25. The van der Waals surface area contributed by atoms with E-state index in [1.165, 1.54) is 27.7 Å². The zero-order valence-corrected chi connectivity index (χ0v) is 20.3. The van der Waals surface area contributed by atoms with Crippen molar-refractivity contribution < 1.29 is 4.79 Å². The van der Waals surface area contributed by atoms with Gasteiger partial charge in [-0.15, -0.1) is 11.3 Å². The van der Waals surface area contributed by atoms with Crippen molar-refractivity contribution in [3.05, 3.63) is 80.5 Å². The lowest BCUT2D eigenvalue weighted by molar-refractivity contribution is -0.116. The number of benzene rings is 2. The minimum Gasteiger partial charge on any atom is -0.324 e. The molecule has 1 amide bonds. The van der Waals surface area contributed by atoms with Gasteiger partial charge in [-0.05, 0) is 48.4 Å². The van der Waals surface area contributed by atoms with E-state index in [1.54, 1.807) is 12.1 Å². The fourth-order valence-electron chi connectivity index (χ4n) is 3.64. The van der Waals surface area contributed by atoms with Gasteiger partial charge in [-0.2, -0.15) is 0 Å². The molecule has 0 aliphatic carbocycles. The number of nitrogens with zero attached hydrogens (tertiary/aromatic N) is 3. The summed E-state index contributed by atoms with van der Waals surface area (Å²) in [6.07, 6.45) is 3.47. The van der Waals surface area contributed by atoms with E-state index < -0.39 is 11.2 Å². The lowest BCUT2D eigenvalue weighted by Crippen LogP contribution is -2.40. The second kappa shape index (κ2) is 9.76. The molecule has 0 atom stereocenters. The maximum atomic E-state index is 13.5. The van der Waals surface area contributed by atoms with Crippen LogP contribution < -0.4 is 16.6 Å². The van der Waals surface area contributed by atoms with E-state index in [2.05, 4.69) is 10.3 Å². The Balaban J connectivity index is 1.82. The molecule has 33 heavy (non-hydrogen) atoms. The quantitative estimate of drug-likeness (QED) is 0.403. The van der Waals surface area contributed by atoms with E-state index in [4.69, 9.17) is 0 Å². The summed E-state index contributed by atoms with van der Waals surface area (Å²) in [4.78, 5) is 44.1. The first kappa shape index (κ1) is 23.0. The van der Waals surface area contributed by atoms with Crippen LogP contribution in [-0.2, 0) is 24.2 Å². The Labute approximate surface area is 199 Å². The minimum absolute atomic E-state index is 0.236. The van der Waals surface area contributed by atoms with Crippen molar-refractivity contribution in [3.8, 4) is 5.69 Å². The lowest BCUT2D eigenvalue weighted by Gasteiger charge is -2.13.